The van der Waals surface area contributed by atoms with E-state index in [9.17, 15) is 4.79 Å². The molecule has 7 heteroatoms. The molecule has 1 N–H and O–H groups in total. The Kier molecular flexibility index (Phi) is 3.10. The van der Waals surface area contributed by atoms with E-state index in [4.69, 9.17) is 5.11 Å². The first-order valence-corrected chi connectivity index (χ1v) is 5.77. The van der Waals surface area contributed by atoms with Crippen molar-refractivity contribution in [3.63, 3.8) is 0 Å². The lowest BCUT2D eigenvalue weighted by Gasteiger charge is -2.36. The Labute approximate surface area is 99.9 Å². The molecular weight excluding hydrogens is 224 g/mol. The molecule has 0 aromatic heterocycles. The van der Waals surface area contributed by atoms with Crippen LogP contribution >= 0.6 is 0 Å². The molecule has 0 saturated carbocycles. The number of amides is 1. The van der Waals surface area contributed by atoms with Gasteiger partial charge in [-0.1, -0.05) is 5.10 Å². The molecule has 1 saturated heterocycles. The summed E-state index contributed by atoms with van der Waals surface area (Å²) in [5.74, 6) is -0.0528. The van der Waals surface area contributed by atoms with Gasteiger partial charge in [-0.3, -0.25) is 4.79 Å². The Morgan fingerprint density at radius 2 is 2.00 bits per heavy atom. The number of hydrazone groups is 1. The molecule has 0 aliphatic carbocycles. The minimum atomic E-state index is -0.943. The number of likely N-dealkylation sites (tertiary alicyclic amines) is 1. The second kappa shape index (κ2) is 4.40. The SMILES string of the molecule is CC(C)(C(=O)N1CCCCC1)N1[N]OC(O)=N1. The third-order valence-electron chi connectivity index (χ3n) is 3.05. The molecule has 0 bridgehead atoms. The van der Waals surface area contributed by atoms with Gasteiger partial charge in [0.25, 0.3) is 5.91 Å². The highest BCUT2D eigenvalue weighted by molar-refractivity contribution is 5.85. The minimum absolute atomic E-state index is 0.0528. The molecule has 0 spiro atoms. The van der Waals surface area contributed by atoms with E-state index in [0.717, 1.165) is 31.0 Å². The second-order valence-corrected chi connectivity index (χ2v) is 4.76. The monoisotopic (exact) mass is 241 g/mol. The van der Waals surface area contributed by atoms with Crippen LogP contribution in [0.5, 0.6) is 0 Å². The van der Waals surface area contributed by atoms with Crippen molar-refractivity contribution in [1.29, 1.82) is 0 Å². The number of carbonyl (C=O) groups is 1. The first kappa shape index (κ1) is 12.0. The molecule has 0 aromatic carbocycles. The molecule has 1 fully saturated rings. The van der Waals surface area contributed by atoms with Crippen LogP contribution in [0.1, 0.15) is 33.1 Å². The van der Waals surface area contributed by atoms with E-state index in [-0.39, 0.29) is 5.91 Å². The molecule has 7 nitrogen and oxygen atoms in total. The summed E-state index contributed by atoms with van der Waals surface area (Å²) in [6.45, 7) is 4.96. The van der Waals surface area contributed by atoms with Crippen molar-refractivity contribution >= 4 is 12.0 Å². The maximum atomic E-state index is 12.3. The summed E-state index contributed by atoms with van der Waals surface area (Å²) in [7, 11) is 0. The Morgan fingerprint density at radius 1 is 1.35 bits per heavy atom. The van der Waals surface area contributed by atoms with Crippen LogP contribution in [-0.2, 0) is 9.63 Å². The zero-order valence-electron chi connectivity index (χ0n) is 10.1. The molecule has 0 atom stereocenters. The van der Waals surface area contributed by atoms with Crippen molar-refractivity contribution in [2.24, 2.45) is 5.10 Å². The Bertz CT molecular complexity index is 336. The Hall–Kier alpha value is -1.50. The first-order chi connectivity index (χ1) is 8.01. The zero-order valence-corrected chi connectivity index (χ0v) is 10.1. The Balaban J connectivity index is 2.06. The number of aliphatic hydroxyl groups is 1. The number of hydrogen-bond acceptors (Lipinski definition) is 4. The van der Waals surface area contributed by atoms with Crippen molar-refractivity contribution in [2.45, 2.75) is 38.6 Å². The molecule has 0 aromatic rings. The summed E-state index contributed by atoms with van der Waals surface area (Å²) >= 11 is 0. The van der Waals surface area contributed by atoms with Crippen LogP contribution in [-0.4, -0.2) is 45.7 Å². The van der Waals surface area contributed by atoms with Gasteiger partial charge in [-0.25, -0.2) is 0 Å². The van der Waals surface area contributed by atoms with E-state index in [1.54, 1.807) is 13.8 Å². The van der Waals surface area contributed by atoms with Crippen LogP contribution in [0.3, 0.4) is 0 Å². The predicted octanol–water partition coefficient (Wildman–Crippen LogP) is 0.373. The average Bonchev–Trinajstić information content (AvgIpc) is 2.77. The summed E-state index contributed by atoms with van der Waals surface area (Å²) in [4.78, 5) is 18.6. The van der Waals surface area contributed by atoms with Gasteiger partial charge in [0, 0.05) is 13.1 Å². The fourth-order valence-corrected chi connectivity index (χ4v) is 1.99. The maximum Gasteiger partial charge on any atom is 0.427 e. The first-order valence-electron chi connectivity index (χ1n) is 5.77. The van der Waals surface area contributed by atoms with Crippen LogP contribution in [0.25, 0.3) is 0 Å². The normalized spacial score (nSPS) is 21.2. The van der Waals surface area contributed by atoms with Crippen molar-refractivity contribution in [2.75, 3.05) is 13.1 Å². The molecule has 0 unspecified atom stereocenters. The fourth-order valence-electron chi connectivity index (χ4n) is 1.99. The van der Waals surface area contributed by atoms with E-state index < -0.39 is 11.6 Å². The highest BCUT2D eigenvalue weighted by atomic mass is 16.8. The second-order valence-electron chi connectivity index (χ2n) is 4.76. The largest absolute Gasteiger partial charge is 0.464 e. The molecule has 17 heavy (non-hydrogen) atoms. The molecule has 2 aliphatic heterocycles. The van der Waals surface area contributed by atoms with Gasteiger partial charge in [0.15, 0.2) is 5.54 Å². The van der Waals surface area contributed by atoms with Crippen molar-refractivity contribution < 1.29 is 14.7 Å². The van der Waals surface area contributed by atoms with Gasteiger partial charge in [0.2, 0.25) is 0 Å². The molecule has 2 heterocycles. The number of carbonyl (C=O) groups excluding carboxylic acids is 1. The van der Waals surface area contributed by atoms with Crippen molar-refractivity contribution in [3.8, 4) is 0 Å². The molecule has 2 rings (SSSR count). The van der Waals surface area contributed by atoms with Crippen LogP contribution in [0.2, 0.25) is 0 Å². The van der Waals surface area contributed by atoms with Gasteiger partial charge < -0.3 is 14.8 Å². The van der Waals surface area contributed by atoms with Gasteiger partial charge in [0.1, 0.15) is 5.59 Å². The van der Waals surface area contributed by atoms with Crippen LogP contribution in [0, 0.1) is 0 Å². The van der Waals surface area contributed by atoms with Crippen LogP contribution in [0.4, 0.5) is 0 Å². The van der Waals surface area contributed by atoms with E-state index in [1.165, 1.54) is 6.42 Å². The highest BCUT2D eigenvalue weighted by Gasteiger charge is 2.42. The third-order valence-corrected chi connectivity index (χ3v) is 3.05. The van der Waals surface area contributed by atoms with E-state index in [0.29, 0.717) is 0 Å². The summed E-state index contributed by atoms with van der Waals surface area (Å²) < 4.78 is 0. The zero-order chi connectivity index (χ0) is 12.5. The number of rotatable bonds is 2. The summed E-state index contributed by atoms with van der Waals surface area (Å²) in [5.41, 5.74) is 2.59. The van der Waals surface area contributed by atoms with Crippen LogP contribution in [0.15, 0.2) is 5.10 Å². The lowest BCUT2D eigenvalue weighted by molar-refractivity contribution is -0.151. The summed E-state index contributed by atoms with van der Waals surface area (Å²) in [5, 5.41) is 13.8. The number of piperidine rings is 1. The lowest BCUT2D eigenvalue weighted by atomic mass is 10.0. The van der Waals surface area contributed by atoms with Crippen molar-refractivity contribution in [3.05, 3.63) is 0 Å². The molecule has 95 valence electrons. The van der Waals surface area contributed by atoms with Gasteiger partial charge in [-0.15, -0.1) is 0 Å². The maximum absolute atomic E-state index is 12.3. The van der Waals surface area contributed by atoms with E-state index >= 15 is 0 Å². The summed E-state index contributed by atoms with van der Waals surface area (Å²) in [6.07, 6.45) is 2.69. The molecule has 1 amide bonds. The number of hydrogen-bond donors (Lipinski definition) is 1. The van der Waals surface area contributed by atoms with E-state index in [2.05, 4.69) is 15.5 Å². The highest BCUT2D eigenvalue weighted by Crippen LogP contribution is 2.22. The molecular formula is C10H17N4O3. The van der Waals surface area contributed by atoms with E-state index in [1.807, 2.05) is 4.90 Å². The quantitative estimate of drug-likeness (QED) is 0.757. The third kappa shape index (κ3) is 2.28. The molecule has 1 radical (unpaired) electrons. The van der Waals surface area contributed by atoms with Crippen molar-refractivity contribution in [1.82, 2.24) is 15.6 Å². The topological polar surface area (TPSA) is 79.5 Å². The van der Waals surface area contributed by atoms with Gasteiger partial charge >= 0.3 is 6.08 Å². The standard InChI is InChI=1S/C10H17N4O3/c1-10(2,14-11-9(16)17-12-14)8(15)13-6-4-3-5-7-13/h3-7H2,1-2H3,(H,11,16). The number of aliphatic hydroxyl groups excluding tert-OH is 1. The minimum Gasteiger partial charge on any atom is -0.464 e. The van der Waals surface area contributed by atoms with Gasteiger partial charge in [0.05, 0.1) is 0 Å². The smallest absolute Gasteiger partial charge is 0.427 e. The molecule has 2 aliphatic rings. The summed E-state index contributed by atoms with van der Waals surface area (Å²) in [6, 6.07) is 0. The van der Waals surface area contributed by atoms with Crippen LogP contribution < -0.4 is 5.59 Å². The lowest BCUT2D eigenvalue weighted by Crippen LogP contribution is -2.56. The van der Waals surface area contributed by atoms with Gasteiger partial charge in [-0.05, 0) is 33.1 Å². The number of nitrogens with zero attached hydrogens (tertiary/aromatic N) is 4. The fraction of sp³-hybridized carbons (Fsp3) is 0.800. The Morgan fingerprint density at radius 3 is 2.53 bits per heavy atom. The van der Waals surface area contributed by atoms with Gasteiger partial charge in [-0.2, -0.15) is 5.12 Å². The predicted molar refractivity (Wildman–Crippen MR) is 59.6 cm³/mol. The average molecular weight is 241 g/mol.